The molecule has 4 saturated carbocycles. The minimum absolute atomic E-state index is 0.263. The van der Waals surface area contributed by atoms with Gasteiger partial charge in [0.25, 0.3) is 0 Å². The zero-order valence-corrected chi connectivity index (χ0v) is 23.7. The van der Waals surface area contributed by atoms with Crippen molar-refractivity contribution in [1.29, 1.82) is 0 Å². The molecule has 3 aromatic heterocycles. The van der Waals surface area contributed by atoms with E-state index in [-0.39, 0.29) is 5.41 Å². The van der Waals surface area contributed by atoms with E-state index in [0.717, 1.165) is 29.4 Å². The van der Waals surface area contributed by atoms with Gasteiger partial charge in [-0.25, -0.2) is 4.98 Å². The van der Waals surface area contributed by atoms with E-state index in [1.54, 1.807) is 0 Å². The Bertz CT molecular complexity index is 1920. The van der Waals surface area contributed by atoms with Gasteiger partial charge in [0.1, 0.15) is 11.6 Å². The maximum absolute atomic E-state index is 5.57. The van der Waals surface area contributed by atoms with E-state index in [4.69, 9.17) is 4.98 Å². The fourth-order valence-corrected chi connectivity index (χ4v) is 9.84. The van der Waals surface area contributed by atoms with Crippen molar-refractivity contribution in [2.24, 2.45) is 17.8 Å². The quantitative estimate of drug-likeness (QED) is 0.217. The van der Waals surface area contributed by atoms with Crippen molar-refractivity contribution in [3.8, 4) is 11.6 Å². The van der Waals surface area contributed by atoms with Gasteiger partial charge >= 0.3 is 0 Å². The molecule has 42 heavy (non-hydrogen) atoms. The molecule has 0 unspecified atom stereocenters. The molecule has 11 rings (SSSR count). The Balaban J connectivity index is 1.31. The van der Waals surface area contributed by atoms with Crippen molar-refractivity contribution in [3.63, 3.8) is 0 Å². The van der Waals surface area contributed by atoms with E-state index in [0.29, 0.717) is 0 Å². The fraction of sp³-hybridized carbons (Fsp3) is 0.256. The van der Waals surface area contributed by atoms with Gasteiger partial charge in [-0.05, 0) is 104 Å². The monoisotopic (exact) mass is 543 g/mol. The Hall–Kier alpha value is -4.37. The predicted molar refractivity (Wildman–Crippen MR) is 173 cm³/mol. The van der Waals surface area contributed by atoms with Crippen LogP contribution in [0.15, 0.2) is 109 Å². The molecule has 0 saturated heterocycles. The number of fused-ring (bicyclic) bond motifs is 6. The van der Waals surface area contributed by atoms with Gasteiger partial charge < -0.3 is 0 Å². The first-order chi connectivity index (χ1) is 20.7. The van der Waals surface area contributed by atoms with Gasteiger partial charge in [0, 0.05) is 21.5 Å². The van der Waals surface area contributed by atoms with Crippen LogP contribution in [0.5, 0.6) is 0 Å². The molecule has 4 fully saturated rings. The van der Waals surface area contributed by atoms with E-state index < -0.39 is 0 Å². The lowest BCUT2D eigenvalue weighted by Gasteiger charge is -2.57. The second kappa shape index (κ2) is 8.35. The lowest BCUT2D eigenvalue weighted by atomic mass is 9.48. The highest BCUT2D eigenvalue weighted by atomic mass is 15.1. The number of benzene rings is 4. The third-order valence-corrected chi connectivity index (χ3v) is 11.1. The normalized spacial score (nSPS) is 24.9. The molecule has 7 aromatic rings. The first-order valence-electron chi connectivity index (χ1n) is 15.7. The molecule has 4 aliphatic rings. The Labute approximate surface area is 245 Å². The zero-order valence-electron chi connectivity index (χ0n) is 23.7. The van der Waals surface area contributed by atoms with Crippen molar-refractivity contribution in [3.05, 3.63) is 115 Å². The molecular weight excluding hydrogens is 510 g/mol. The number of hydrogen-bond donors (Lipinski definition) is 0. The van der Waals surface area contributed by atoms with E-state index in [9.17, 15) is 0 Å². The Morgan fingerprint density at radius 3 is 1.17 bits per heavy atom. The number of hydrogen-bond acceptors (Lipinski definition) is 1. The van der Waals surface area contributed by atoms with E-state index in [2.05, 4.69) is 118 Å². The minimum atomic E-state index is 0.263. The van der Waals surface area contributed by atoms with Crippen LogP contribution in [0, 0.1) is 17.8 Å². The van der Waals surface area contributed by atoms with Gasteiger partial charge in [-0.3, -0.25) is 9.13 Å². The fourth-order valence-electron chi connectivity index (χ4n) is 9.84. The molecule has 3 heterocycles. The lowest BCUT2D eigenvalue weighted by molar-refractivity contribution is -0.00522. The molecule has 0 aliphatic heterocycles. The molecule has 0 spiro atoms. The molecule has 204 valence electrons. The van der Waals surface area contributed by atoms with Gasteiger partial charge in [0.05, 0.1) is 22.1 Å². The number of nitrogens with zero attached hydrogens (tertiary/aromatic N) is 3. The highest BCUT2D eigenvalue weighted by Crippen LogP contribution is 2.61. The second-order valence-corrected chi connectivity index (χ2v) is 13.5. The van der Waals surface area contributed by atoms with E-state index in [1.165, 1.54) is 87.7 Å². The molecule has 3 nitrogen and oxygen atoms in total. The van der Waals surface area contributed by atoms with Crippen LogP contribution in [0.25, 0.3) is 55.2 Å². The first-order valence-corrected chi connectivity index (χ1v) is 15.7. The molecule has 4 aliphatic carbocycles. The summed E-state index contributed by atoms with van der Waals surface area (Å²) in [5.41, 5.74) is 6.66. The van der Waals surface area contributed by atoms with E-state index in [1.807, 2.05) is 0 Å². The van der Waals surface area contributed by atoms with Crippen molar-refractivity contribution in [1.82, 2.24) is 14.1 Å². The van der Waals surface area contributed by atoms with Crippen LogP contribution in [0.3, 0.4) is 0 Å². The van der Waals surface area contributed by atoms with Gasteiger partial charge in [-0.2, -0.15) is 0 Å². The van der Waals surface area contributed by atoms with E-state index >= 15 is 0 Å². The molecule has 3 heteroatoms. The summed E-state index contributed by atoms with van der Waals surface area (Å²) in [5.74, 6) is 4.74. The minimum Gasteiger partial charge on any atom is -0.294 e. The zero-order chi connectivity index (χ0) is 27.4. The summed E-state index contributed by atoms with van der Waals surface area (Å²) < 4.78 is 4.85. The Morgan fingerprint density at radius 1 is 0.476 bits per heavy atom. The summed E-state index contributed by atoms with van der Waals surface area (Å²) in [6, 6.07) is 40.3. The van der Waals surface area contributed by atoms with Crippen LogP contribution in [-0.4, -0.2) is 14.1 Å². The summed E-state index contributed by atoms with van der Waals surface area (Å²) in [7, 11) is 0. The summed E-state index contributed by atoms with van der Waals surface area (Å²) in [4.78, 5) is 5.57. The highest BCUT2D eigenvalue weighted by Gasteiger charge is 2.51. The summed E-state index contributed by atoms with van der Waals surface area (Å²) in [5, 5.41) is 5.14. The molecule has 0 radical (unpaired) electrons. The summed E-state index contributed by atoms with van der Waals surface area (Å²) in [6.07, 6.45) is 8.35. The molecule has 0 atom stereocenters. The van der Waals surface area contributed by atoms with Crippen molar-refractivity contribution in [2.75, 3.05) is 0 Å². The predicted octanol–water partition coefficient (Wildman–Crippen LogP) is 9.74. The number of aromatic nitrogens is 3. The van der Waals surface area contributed by atoms with Gasteiger partial charge in [-0.15, -0.1) is 0 Å². The Kier molecular flexibility index (Phi) is 4.62. The molecule has 4 bridgehead atoms. The third kappa shape index (κ3) is 3.14. The third-order valence-electron chi connectivity index (χ3n) is 11.1. The second-order valence-electron chi connectivity index (χ2n) is 13.5. The van der Waals surface area contributed by atoms with Crippen LogP contribution < -0.4 is 0 Å². The maximum Gasteiger partial charge on any atom is 0.140 e. The van der Waals surface area contributed by atoms with Crippen LogP contribution in [0.1, 0.15) is 44.1 Å². The molecule has 4 aromatic carbocycles. The van der Waals surface area contributed by atoms with Crippen LogP contribution >= 0.6 is 0 Å². The summed E-state index contributed by atoms with van der Waals surface area (Å²) >= 11 is 0. The van der Waals surface area contributed by atoms with Crippen molar-refractivity contribution in [2.45, 2.75) is 43.9 Å². The van der Waals surface area contributed by atoms with Gasteiger partial charge in [0.2, 0.25) is 0 Å². The van der Waals surface area contributed by atoms with Crippen molar-refractivity contribution >= 4 is 43.6 Å². The topological polar surface area (TPSA) is 22.8 Å². The smallest absolute Gasteiger partial charge is 0.140 e. The lowest BCUT2D eigenvalue weighted by Crippen LogP contribution is -2.48. The molecule has 0 amide bonds. The number of rotatable bonds is 3. The standard InChI is InChI=1S/C39H33N3/c1-5-13-33-29(9-1)30-10-2-6-14-34(30)41(33)37-20-28(39-22-25-17-26(23-39)19-27(18-25)24-39)21-38(40-37)42-35-15-7-3-11-31(35)32-12-4-8-16-36(32)42/h1-16,20-21,25-27H,17-19,22-24H2. The van der Waals surface area contributed by atoms with Gasteiger partial charge in [-0.1, -0.05) is 72.8 Å². The van der Waals surface area contributed by atoms with Gasteiger partial charge in [0.15, 0.2) is 0 Å². The van der Waals surface area contributed by atoms with Crippen LogP contribution in [-0.2, 0) is 5.41 Å². The van der Waals surface area contributed by atoms with Crippen molar-refractivity contribution < 1.29 is 0 Å². The SMILES string of the molecule is c1ccc2c(c1)c1ccccc1n2-c1cc(C23CC4CC(CC(C4)C2)C3)cc(-n2c3ccccc3c3ccccc32)n1. The highest BCUT2D eigenvalue weighted by molar-refractivity contribution is 6.10. The number of para-hydroxylation sites is 4. The van der Waals surface area contributed by atoms with Crippen LogP contribution in [0.2, 0.25) is 0 Å². The number of pyridine rings is 1. The maximum atomic E-state index is 5.57. The molecule has 0 N–H and O–H groups in total. The average molecular weight is 544 g/mol. The Morgan fingerprint density at radius 2 is 0.810 bits per heavy atom. The first kappa shape index (κ1) is 23.2. The molecular formula is C39H33N3. The average Bonchev–Trinajstić information content (AvgIpc) is 3.54. The van der Waals surface area contributed by atoms with Crippen LogP contribution in [0.4, 0.5) is 0 Å². The largest absolute Gasteiger partial charge is 0.294 e. The summed E-state index contributed by atoms with van der Waals surface area (Å²) in [6.45, 7) is 0.